The monoisotopic (exact) mass is 417 g/mol. The first-order valence-electron chi connectivity index (χ1n) is 9.35. The molecule has 0 aliphatic rings. The summed E-state index contributed by atoms with van der Waals surface area (Å²) in [7, 11) is 3.22. The second kappa shape index (κ2) is 10.9. The van der Waals surface area contributed by atoms with Crippen molar-refractivity contribution in [2.75, 3.05) is 27.3 Å². The van der Waals surface area contributed by atoms with Gasteiger partial charge in [0.15, 0.2) is 0 Å². The highest BCUT2D eigenvalue weighted by molar-refractivity contribution is 5.85. The molecular formula is C22H28ClN3O3. The Morgan fingerprint density at radius 1 is 1.14 bits per heavy atom. The number of methoxy groups -OCH3 is 2. The number of ether oxygens (including phenoxy) is 2. The number of carbonyl (C=O) groups is 1. The number of hydrogen-bond donors (Lipinski definition) is 3. The van der Waals surface area contributed by atoms with Crippen molar-refractivity contribution in [3.63, 3.8) is 0 Å². The summed E-state index contributed by atoms with van der Waals surface area (Å²) in [6.07, 6.45) is 1.99. The first-order chi connectivity index (χ1) is 13.7. The second-order valence-corrected chi connectivity index (χ2v) is 6.72. The average Bonchev–Trinajstić information content (AvgIpc) is 3.16. The largest absolute Gasteiger partial charge is 0.497 e. The van der Waals surface area contributed by atoms with E-state index in [1.807, 2.05) is 48.7 Å². The molecule has 7 heteroatoms. The number of rotatable bonds is 9. The van der Waals surface area contributed by atoms with E-state index < -0.39 is 0 Å². The molecule has 0 spiro atoms. The third kappa shape index (κ3) is 5.50. The van der Waals surface area contributed by atoms with Crippen LogP contribution >= 0.6 is 12.4 Å². The molecule has 29 heavy (non-hydrogen) atoms. The SMILES string of the molecule is COc1ccc(C(CNC(=O)CC(CN)OC)c2c[nH]c3ccccc23)cc1.Cl. The van der Waals surface area contributed by atoms with Gasteiger partial charge < -0.3 is 25.5 Å². The number of benzene rings is 2. The van der Waals surface area contributed by atoms with Crippen LogP contribution in [0, 0.1) is 0 Å². The summed E-state index contributed by atoms with van der Waals surface area (Å²) >= 11 is 0. The number of H-pyrrole nitrogens is 1. The maximum atomic E-state index is 12.4. The van der Waals surface area contributed by atoms with Crippen molar-refractivity contribution in [2.45, 2.75) is 18.4 Å². The molecule has 1 heterocycles. The van der Waals surface area contributed by atoms with Crippen LogP contribution in [0.4, 0.5) is 0 Å². The quantitative estimate of drug-likeness (QED) is 0.498. The highest BCUT2D eigenvalue weighted by Gasteiger charge is 2.20. The van der Waals surface area contributed by atoms with Crippen LogP contribution in [-0.2, 0) is 9.53 Å². The molecule has 0 radical (unpaired) electrons. The minimum atomic E-state index is -0.271. The zero-order chi connectivity index (χ0) is 19.9. The molecule has 3 aromatic rings. The number of carbonyl (C=O) groups excluding carboxylic acids is 1. The molecule has 0 saturated heterocycles. The molecule has 0 saturated carbocycles. The van der Waals surface area contributed by atoms with Crippen LogP contribution in [0.15, 0.2) is 54.7 Å². The summed E-state index contributed by atoms with van der Waals surface area (Å²) < 4.78 is 10.5. The van der Waals surface area contributed by atoms with E-state index in [1.165, 1.54) is 0 Å². The van der Waals surface area contributed by atoms with Crippen molar-refractivity contribution in [3.05, 3.63) is 65.9 Å². The lowest BCUT2D eigenvalue weighted by molar-refractivity contribution is -0.123. The predicted octanol–water partition coefficient (Wildman–Crippen LogP) is 3.21. The molecule has 156 valence electrons. The van der Waals surface area contributed by atoms with Gasteiger partial charge in [0.25, 0.3) is 0 Å². The van der Waals surface area contributed by atoms with Crippen LogP contribution in [0.5, 0.6) is 5.75 Å². The standard InChI is InChI=1S/C22H27N3O3.ClH/c1-27-16-9-7-15(8-10-16)19(13-25-22(26)11-17(12-23)28-2)20-14-24-21-6-4-3-5-18(20)21;/h3-10,14,17,19,24H,11-13,23H2,1-2H3,(H,25,26);1H. The number of para-hydroxylation sites is 1. The molecule has 0 bridgehead atoms. The van der Waals surface area contributed by atoms with Gasteiger partial charge in [-0.05, 0) is 29.3 Å². The zero-order valence-electron chi connectivity index (χ0n) is 16.7. The number of fused-ring (bicyclic) bond motifs is 1. The summed E-state index contributed by atoms with van der Waals surface area (Å²) in [4.78, 5) is 15.7. The van der Waals surface area contributed by atoms with Gasteiger partial charge in [0.2, 0.25) is 5.91 Å². The van der Waals surface area contributed by atoms with Gasteiger partial charge in [-0.2, -0.15) is 0 Å². The van der Waals surface area contributed by atoms with E-state index in [1.54, 1.807) is 14.2 Å². The summed E-state index contributed by atoms with van der Waals surface area (Å²) in [6.45, 7) is 0.794. The van der Waals surface area contributed by atoms with Gasteiger partial charge >= 0.3 is 0 Å². The smallest absolute Gasteiger partial charge is 0.222 e. The molecule has 0 aliphatic carbocycles. The lowest BCUT2D eigenvalue weighted by Crippen LogP contribution is -2.34. The highest BCUT2D eigenvalue weighted by Crippen LogP contribution is 2.31. The van der Waals surface area contributed by atoms with E-state index in [2.05, 4.69) is 16.4 Å². The molecule has 0 aliphatic heterocycles. The fourth-order valence-corrected chi connectivity index (χ4v) is 3.38. The number of hydrogen-bond acceptors (Lipinski definition) is 4. The first kappa shape index (κ1) is 22.7. The van der Waals surface area contributed by atoms with Gasteiger partial charge in [-0.3, -0.25) is 4.79 Å². The number of halogens is 1. The van der Waals surface area contributed by atoms with Crippen LogP contribution in [-0.4, -0.2) is 44.3 Å². The average molecular weight is 418 g/mol. The fraction of sp³-hybridized carbons (Fsp3) is 0.318. The Hall–Kier alpha value is -2.54. The highest BCUT2D eigenvalue weighted by atomic mass is 35.5. The van der Waals surface area contributed by atoms with Gasteiger partial charge in [-0.25, -0.2) is 0 Å². The van der Waals surface area contributed by atoms with Crippen molar-refractivity contribution in [1.82, 2.24) is 10.3 Å². The Bertz CT molecular complexity index is 907. The van der Waals surface area contributed by atoms with Crippen LogP contribution in [0.25, 0.3) is 10.9 Å². The number of aromatic amines is 1. The van der Waals surface area contributed by atoms with E-state index in [9.17, 15) is 4.79 Å². The fourth-order valence-electron chi connectivity index (χ4n) is 3.38. The van der Waals surface area contributed by atoms with Gasteiger partial charge in [0.05, 0.1) is 19.6 Å². The van der Waals surface area contributed by atoms with E-state index in [4.69, 9.17) is 15.2 Å². The first-order valence-corrected chi connectivity index (χ1v) is 9.35. The number of aromatic nitrogens is 1. The Morgan fingerprint density at radius 2 is 1.86 bits per heavy atom. The molecular weight excluding hydrogens is 390 g/mol. The molecule has 6 nitrogen and oxygen atoms in total. The van der Waals surface area contributed by atoms with Gasteiger partial charge in [-0.1, -0.05) is 30.3 Å². The van der Waals surface area contributed by atoms with Gasteiger partial charge in [0.1, 0.15) is 5.75 Å². The molecule has 4 N–H and O–H groups in total. The Morgan fingerprint density at radius 3 is 2.52 bits per heavy atom. The van der Waals surface area contributed by atoms with Crippen LogP contribution in [0.1, 0.15) is 23.5 Å². The van der Waals surface area contributed by atoms with Gasteiger partial charge in [-0.15, -0.1) is 12.4 Å². The third-order valence-corrected chi connectivity index (χ3v) is 5.03. The van der Waals surface area contributed by atoms with Crippen molar-refractivity contribution in [3.8, 4) is 5.75 Å². The van der Waals surface area contributed by atoms with E-state index in [0.717, 1.165) is 27.8 Å². The second-order valence-electron chi connectivity index (χ2n) is 6.72. The van der Waals surface area contributed by atoms with E-state index in [-0.39, 0.29) is 36.8 Å². The van der Waals surface area contributed by atoms with E-state index >= 15 is 0 Å². The summed E-state index contributed by atoms with van der Waals surface area (Å²) in [5.41, 5.74) is 8.94. The summed E-state index contributed by atoms with van der Waals surface area (Å²) in [6, 6.07) is 16.1. The number of nitrogens with one attached hydrogen (secondary N) is 2. The number of amides is 1. The molecule has 2 unspecified atom stereocenters. The van der Waals surface area contributed by atoms with Crippen molar-refractivity contribution >= 4 is 29.2 Å². The normalized spacial score (nSPS) is 12.8. The van der Waals surface area contributed by atoms with Crippen LogP contribution < -0.4 is 15.8 Å². The van der Waals surface area contributed by atoms with Gasteiger partial charge in [0, 0.05) is 43.2 Å². The van der Waals surface area contributed by atoms with Crippen molar-refractivity contribution in [1.29, 1.82) is 0 Å². The Balaban J connectivity index is 0.00000300. The molecule has 2 aromatic carbocycles. The minimum Gasteiger partial charge on any atom is -0.497 e. The molecule has 1 amide bonds. The molecule has 1 aromatic heterocycles. The summed E-state index contributed by atoms with van der Waals surface area (Å²) in [5.74, 6) is 0.733. The van der Waals surface area contributed by atoms with E-state index in [0.29, 0.717) is 13.1 Å². The lowest BCUT2D eigenvalue weighted by atomic mass is 9.90. The lowest BCUT2D eigenvalue weighted by Gasteiger charge is -2.19. The topological polar surface area (TPSA) is 89.4 Å². The van der Waals surface area contributed by atoms with Crippen LogP contribution in [0.3, 0.4) is 0 Å². The summed E-state index contributed by atoms with van der Waals surface area (Å²) in [5, 5.41) is 4.19. The zero-order valence-corrected chi connectivity index (χ0v) is 17.5. The maximum Gasteiger partial charge on any atom is 0.222 e. The third-order valence-electron chi connectivity index (χ3n) is 5.03. The van der Waals surface area contributed by atoms with Crippen LogP contribution in [0.2, 0.25) is 0 Å². The molecule has 3 rings (SSSR count). The minimum absolute atomic E-state index is 0. The Labute approximate surface area is 177 Å². The van der Waals surface area contributed by atoms with Crippen molar-refractivity contribution < 1.29 is 14.3 Å². The Kier molecular flexibility index (Phi) is 8.51. The van der Waals surface area contributed by atoms with Crippen molar-refractivity contribution in [2.24, 2.45) is 5.73 Å². The predicted molar refractivity (Wildman–Crippen MR) is 118 cm³/mol. The molecule has 0 fully saturated rings. The molecule has 2 atom stereocenters. The number of nitrogens with two attached hydrogens (primary N) is 1. The maximum absolute atomic E-state index is 12.4.